The van der Waals surface area contributed by atoms with Gasteiger partial charge in [-0.3, -0.25) is 9.78 Å². The van der Waals surface area contributed by atoms with E-state index in [1.165, 1.54) is 16.5 Å². The van der Waals surface area contributed by atoms with E-state index in [4.69, 9.17) is 11.6 Å². The summed E-state index contributed by atoms with van der Waals surface area (Å²) >= 11 is 7.34. The van der Waals surface area contributed by atoms with Gasteiger partial charge in [0.05, 0.1) is 24.5 Å². The van der Waals surface area contributed by atoms with Crippen LogP contribution in [-0.4, -0.2) is 50.7 Å². The number of anilines is 1. The van der Waals surface area contributed by atoms with Crippen molar-refractivity contribution in [2.45, 2.75) is 38.8 Å². The van der Waals surface area contributed by atoms with Crippen LogP contribution in [0.2, 0.25) is 5.15 Å². The molecule has 1 amide bonds. The number of rotatable bonds is 11. The van der Waals surface area contributed by atoms with Gasteiger partial charge >= 0.3 is 6.18 Å². The van der Waals surface area contributed by atoms with Crippen molar-refractivity contribution in [3.05, 3.63) is 35.9 Å². The first-order valence-electron chi connectivity index (χ1n) is 9.27. The van der Waals surface area contributed by atoms with Crippen molar-refractivity contribution in [3.8, 4) is 5.69 Å². The van der Waals surface area contributed by atoms with Crippen LogP contribution >= 0.6 is 23.4 Å². The molecule has 11 heteroatoms. The van der Waals surface area contributed by atoms with Gasteiger partial charge in [-0.2, -0.15) is 30.0 Å². The van der Waals surface area contributed by atoms with E-state index in [1.54, 1.807) is 30.7 Å². The lowest BCUT2D eigenvalue weighted by atomic mass is 10.2. The van der Waals surface area contributed by atoms with E-state index in [0.717, 1.165) is 11.8 Å². The fourth-order valence-corrected chi connectivity index (χ4v) is 3.73. The minimum Gasteiger partial charge on any atom is -0.308 e. The van der Waals surface area contributed by atoms with Gasteiger partial charge in [-0.1, -0.05) is 11.6 Å². The number of hydrogen-bond donors (Lipinski definition) is 0. The second-order valence-electron chi connectivity index (χ2n) is 6.54. The van der Waals surface area contributed by atoms with Crippen molar-refractivity contribution in [1.29, 1.82) is 0 Å². The van der Waals surface area contributed by atoms with Crippen molar-refractivity contribution in [3.63, 3.8) is 0 Å². The van der Waals surface area contributed by atoms with Crippen LogP contribution in [0, 0.1) is 0 Å². The van der Waals surface area contributed by atoms with Crippen LogP contribution in [0.1, 0.15) is 32.6 Å². The summed E-state index contributed by atoms with van der Waals surface area (Å²) in [6.07, 6.45) is 0.506. The third kappa shape index (κ3) is 7.98. The largest absolute Gasteiger partial charge is 0.389 e. The van der Waals surface area contributed by atoms with E-state index in [2.05, 4.69) is 10.1 Å². The molecule has 0 aromatic carbocycles. The van der Waals surface area contributed by atoms with Crippen LogP contribution < -0.4 is 4.90 Å². The lowest BCUT2D eigenvalue weighted by Gasteiger charge is -2.21. The maximum absolute atomic E-state index is 12.8. The summed E-state index contributed by atoms with van der Waals surface area (Å²) in [5.41, 5.74) is 1.04. The molecule has 0 bridgehead atoms. The molecule has 2 aromatic heterocycles. The molecule has 0 saturated carbocycles. The zero-order valence-electron chi connectivity index (χ0n) is 16.4. The second kappa shape index (κ2) is 11.4. The molecular weight excluding hydrogens is 441 g/mol. The van der Waals surface area contributed by atoms with E-state index >= 15 is 0 Å². The first kappa shape index (κ1) is 24.2. The third-order valence-corrected chi connectivity index (χ3v) is 5.31. The average Bonchev–Trinajstić information content (AvgIpc) is 3.06. The topological polar surface area (TPSA) is 68.1 Å². The number of pyridine rings is 1. The summed E-state index contributed by atoms with van der Waals surface area (Å²) in [6, 6.07) is 3.51. The smallest absolute Gasteiger partial charge is 0.308 e. The minimum atomic E-state index is -4.20. The van der Waals surface area contributed by atoms with Crippen LogP contribution in [0.4, 0.5) is 18.9 Å². The van der Waals surface area contributed by atoms with Gasteiger partial charge in [-0.25, -0.2) is 4.68 Å². The first-order chi connectivity index (χ1) is 14.2. The van der Waals surface area contributed by atoms with Crippen LogP contribution in [0.15, 0.2) is 30.7 Å². The van der Waals surface area contributed by atoms with Crippen molar-refractivity contribution in [2.75, 3.05) is 23.0 Å². The number of alkyl halides is 3. The van der Waals surface area contributed by atoms with E-state index < -0.39 is 12.6 Å². The van der Waals surface area contributed by atoms with E-state index in [1.807, 2.05) is 0 Å². The van der Waals surface area contributed by atoms with Crippen LogP contribution in [0.5, 0.6) is 0 Å². The highest BCUT2D eigenvalue weighted by Crippen LogP contribution is 2.28. The molecule has 0 atom stereocenters. The number of amides is 1. The van der Waals surface area contributed by atoms with E-state index in [-0.39, 0.29) is 41.3 Å². The summed E-state index contributed by atoms with van der Waals surface area (Å²) in [4.78, 5) is 29.5. The van der Waals surface area contributed by atoms with Gasteiger partial charge in [-0.15, -0.1) is 0 Å². The van der Waals surface area contributed by atoms with Crippen LogP contribution in [0.3, 0.4) is 0 Å². The molecule has 0 spiro atoms. The standard InChI is InChI=1S/C19H22ClF3N4O2S/c1-14(28)4-3-9-26(17(29)6-10-30-11-7-19(21,22)23)16-13-27(25-18(16)20)15-5-2-8-24-12-15/h2,5,8,12-13H,3-4,6-7,9-11H2,1H3. The molecular formula is C19H22ClF3N4O2S. The Kier molecular flexibility index (Phi) is 9.16. The molecule has 0 unspecified atom stereocenters. The van der Waals surface area contributed by atoms with Gasteiger partial charge < -0.3 is 9.69 Å². The summed E-state index contributed by atoms with van der Waals surface area (Å²) in [5.74, 6) is -0.124. The molecule has 30 heavy (non-hydrogen) atoms. The third-order valence-electron chi connectivity index (χ3n) is 4.05. The molecule has 0 radical (unpaired) electrons. The van der Waals surface area contributed by atoms with Crippen molar-refractivity contribution < 1.29 is 22.8 Å². The van der Waals surface area contributed by atoms with Crippen molar-refractivity contribution >= 4 is 40.7 Å². The molecule has 2 heterocycles. The SMILES string of the molecule is CC(=O)CCCN(C(=O)CCSCCC(F)(F)F)c1cn(-c2cccnc2)nc1Cl. The van der Waals surface area contributed by atoms with Gasteiger partial charge in [0.25, 0.3) is 0 Å². The lowest BCUT2D eigenvalue weighted by molar-refractivity contribution is -0.129. The monoisotopic (exact) mass is 462 g/mol. The zero-order valence-corrected chi connectivity index (χ0v) is 17.9. The zero-order chi connectivity index (χ0) is 22.1. The second-order valence-corrected chi connectivity index (χ2v) is 8.12. The summed E-state index contributed by atoms with van der Waals surface area (Å²) in [7, 11) is 0. The predicted octanol–water partition coefficient (Wildman–Crippen LogP) is 4.70. The highest BCUT2D eigenvalue weighted by molar-refractivity contribution is 7.99. The van der Waals surface area contributed by atoms with Crippen molar-refractivity contribution in [1.82, 2.24) is 14.8 Å². The first-order valence-corrected chi connectivity index (χ1v) is 10.8. The molecule has 0 N–H and O–H groups in total. The van der Waals surface area contributed by atoms with Gasteiger partial charge in [0, 0.05) is 37.1 Å². The Morgan fingerprint density at radius 2 is 2.03 bits per heavy atom. The number of Topliss-reactive ketones (excluding diaryl/α,β-unsaturated/α-hetero) is 1. The Hall–Kier alpha value is -2.07. The number of carbonyl (C=O) groups is 2. The van der Waals surface area contributed by atoms with Gasteiger partial charge in [0.2, 0.25) is 5.91 Å². The number of halogens is 4. The van der Waals surface area contributed by atoms with Crippen molar-refractivity contribution in [2.24, 2.45) is 0 Å². The number of ketones is 1. The van der Waals surface area contributed by atoms with E-state index in [0.29, 0.717) is 24.2 Å². The van der Waals surface area contributed by atoms with E-state index in [9.17, 15) is 22.8 Å². The van der Waals surface area contributed by atoms with Gasteiger partial charge in [0.15, 0.2) is 5.15 Å². The number of hydrogen-bond acceptors (Lipinski definition) is 5. The molecule has 0 aliphatic heterocycles. The molecule has 2 aromatic rings. The predicted molar refractivity (Wildman–Crippen MR) is 111 cm³/mol. The average molecular weight is 463 g/mol. The Morgan fingerprint density at radius 3 is 2.67 bits per heavy atom. The number of nitrogens with zero attached hydrogens (tertiary/aromatic N) is 4. The van der Waals surface area contributed by atoms with Crippen LogP contribution in [0.25, 0.3) is 5.69 Å². The highest BCUT2D eigenvalue weighted by atomic mass is 35.5. The van der Waals surface area contributed by atoms with Gasteiger partial charge in [-0.05, 0) is 25.5 Å². The molecule has 164 valence electrons. The highest BCUT2D eigenvalue weighted by Gasteiger charge is 2.26. The normalized spacial score (nSPS) is 11.5. The quantitative estimate of drug-likeness (QED) is 0.453. The molecule has 6 nitrogen and oxygen atoms in total. The molecule has 2 rings (SSSR count). The fraction of sp³-hybridized carbons (Fsp3) is 0.474. The maximum atomic E-state index is 12.8. The molecule has 0 saturated heterocycles. The fourth-order valence-electron chi connectivity index (χ4n) is 2.60. The van der Waals surface area contributed by atoms with Gasteiger partial charge in [0.1, 0.15) is 11.5 Å². The number of thioether (sulfide) groups is 1. The summed E-state index contributed by atoms with van der Waals surface area (Å²) in [6.45, 7) is 1.72. The summed E-state index contributed by atoms with van der Waals surface area (Å²) in [5, 5.41) is 4.33. The maximum Gasteiger partial charge on any atom is 0.389 e. The van der Waals surface area contributed by atoms with Crippen LogP contribution in [-0.2, 0) is 9.59 Å². The molecule has 0 fully saturated rings. The Labute approximate surface area is 181 Å². The molecule has 0 aliphatic carbocycles. The Bertz CT molecular complexity index is 846. The Balaban J connectivity index is 2.08. The lowest BCUT2D eigenvalue weighted by Crippen LogP contribution is -2.32. The minimum absolute atomic E-state index is 0.00209. The number of aromatic nitrogens is 3. The Morgan fingerprint density at radius 1 is 1.27 bits per heavy atom. The summed E-state index contributed by atoms with van der Waals surface area (Å²) < 4.78 is 38.2. The molecule has 0 aliphatic rings. The number of carbonyl (C=O) groups excluding carboxylic acids is 2.